The van der Waals surface area contributed by atoms with Gasteiger partial charge in [-0.05, 0) is 29.3 Å². The molecule has 132 valence electrons. The van der Waals surface area contributed by atoms with E-state index in [1.54, 1.807) is 0 Å². The van der Waals surface area contributed by atoms with E-state index in [2.05, 4.69) is 55.7 Å². The van der Waals surface area contributed by atoms with Gasteiger partial charge in [-0.25, -0.2) is 4.98 Å². The molecule has 4 rings (SSSR count). The van der Waals surface area contributed by atoms with Crippen molar-refractivity contribution in [3.63, 3.8) is 0 Å². The van der Waals surface area contributed by atoms with Gasteiger partial charge in [0.25, 0.3) is 5.91 Å². The topological polar surface area (TPSA) is 73.9 Å². The second kappa shape index (κ2) is 7.61. The standard InChI is InChI=1S/C19H19N5OS/c25-18(20-8-9-26-19-21-13-22-23-19)14-6-3-7-17(10-14)24-11-15-4-1-2-5-16(15)12-24/h1-7,10,13H,8-9,11-12H2,(H,20,25)(H,21,22,23). The highest BCUT2D eigenvalue weighted by atomic mass is 32.2. The van der Waals surface area contributed by atoms with Crippen LogP contribution in [-0.2, 0) is 13.1 Å². The minimum atomic E-state index is -0.0540. The van der Waals surface area contributed by atoms with Crippen LogP contribution in [0.15, 0.2) is 60.0 Å². The molecule has 2 N–H and O–H groups in total. The molecule has 0 saturated heterocycles. The van der Waals surface area contributed by atoms with Gasteiger partial charge in [-0.1, -0.05) is 42.1 Å². The first-order chi connectivity index (χ1) is 12.8. The van der Waals surface area contributed by atoms with Crippen LogP contribution in [0.25, 0.3) is 0 Å². The zero-order valence-corrected chi connectivity index (χ0v) is 15.0. The lowest BCUT2D eigenvalue weighted by Gasteiger charge is -2.18. The van der Waals surface area contributed by atoms with Gasteiger partial charge in [-0.15, -0.1) is 0 Å². The van der Waals surface area contributed by atoms with Crippen molar-refractivity contribution >= 4 is 23.4 Å². The number of anilines is 1. The quantitative estimate of drug-likeness (QED) is 0.519. The lowest BCUT2D eigenvalue weighted by atomic mass is 10.1. The van der Waals surface area contributed by atoms with E-state index in [-0.39, 0.29) is 5.91 Å². The number of carbonyl (C=O) groups is 1. The van der Waals surface area contributed by atoms with Crippen molar-refractivity contribution in [3.05, 3.63) is 71.5 Å². The van der Waals surface area contributed by atoms with Crippen molar-refractivity contribution in [2.45, 2.75) is 18.2 Å². The van der Waals surface area contributed by atoms with E-state index in [0.717, 1.165) is 29.7 Å². The van der Waals surface area contributed by atoms with Crippen molar-refractivity contribution in [1.82, 2.24) is 20.5 Å². The third-order valence-electron chi connectivity index (χ3n) is 4.33. The molecule has 7 heteroatoms. The van der Waals surface area contributed by atoms with Crippen LogP contribution in [0.4, 0.5) is 5.69 Å². The lowest BCUT2D eigenvalue weighted by Crippen LogP contribution is -2.26. The van der Waals surface area contributed by atoms with Crippen LogP contribution in [0, 0.1) is 0 Å². The molecule has 2 aromatic carbocycles. The Labute approximate surface area is 156 Å². The number of nitrogens with one attached hydrogen (secondary N) is 2. The van der Waals surface area contributed by atoms with Gasteiger partial charge in [-0.3, -0.25) is 9.89 Å². The molecular formula is C19H19N5OS. The largest absolute Gasteiger partial charge is 0.363 e. The normalized spacial score (nSPS) is 12.8. The highest BCUT2D eigenvalue weighted by molar-refractivity contribution is 7.99. The fourth-order valence-electron chi connectivity index (χ4n) is 3.04. The molecule has 0 unspecified atom stereocenters. The van der Waals surface area contributed by atoms with Crippen LogP contribution in [0.2, 0.25) is 0 Å². The number of fused-ring (bicyclic) bond motifs is 1. The van der Waals surface area contributed by atoms with Crippen molar-refractivity contribution in [2.24, 2.45) is 0 Å². The van der Waals surface area contributed by atoms with E-state index < -0.39 is 0 Å². The zero-order chi connectivity index (χ0) is 17.8. The molecule has 6 nitrogen and oxygen atoms in total. The first kappa shape index (κ1) is 16.7. The summed E-state index contributed by atoms with van der Waals surface area (Å²) in [5.74, 6) is 0.684. The van der Waals surface area contributed by atoms with Crippen molar-refractivity contribution < 1.29 is 4.79 Å². The van der Waals surface area contributed by atoms with E-state index in [4.69, 9.17) is 0 Å². The third-order valence-corrected chi connectivity index (χ3v) is 5.21. The summed E-state index contributed by atoms with van der Waals surface area (Å²) in [4.78, 5) is 18.8. The van der Waals surface area contributed by atoms with Crippen LogP contribution < -0.4 is 10.2 Å². The van der Waals surface area contributed by atoms with Gasteiger partial charge in [-0.2, -0.15) is 5.10 Å². The minimum absolute atomic E-state index is 0.0540. The highest BCUT2D eigenvalue weighted by Gasteiger charge is 2.19. The molecule has 0 spiro atoms. The fraction of sp³-hybridized carbons (Fsp3) is 0.211. The van der Waals surface area contributed by atoms with Gasteiger partial charge in [0.15, 0.2) is 5.16 Å². The predicted molar refractivity (Wildman–Crippen MR) is 102 cm³/mol. The Morgan fingerprint density at radius 2 is 1.96 bits per heavy atom. The van der Waals surface area contributed by atoms with Gasteiger partial charge in [0, 0.05) is 36.6 Å². The Morgan fingerprint density at radius 3 is 2.69 bits per heavy atom. The van der Waals surface area contributed by atoms with Crippen LogP contribution in [-0.4, -0.2) is 33.4 Å². The number of thioether (sulfide) groups is 1. The van der Waals surface area contributed by atoms with E-state index in [1.807, 2.05) is 18.2 Å². The summed E-state index contributed by atoms with van der Waals surface area (Å²) in [5.41, 5.74) is 4.46. The second-order valence-corrected chi connectivity index (χ2v) is 7.15. The van der Waals surface area contributed by atoms with Gasteiger partial charge in [0.2, 0.25) is 0 Å². The Hall–Kier alpha value is -2.80. The number of hydrogen-bond donors (Lipinski definition) is 2. The average Bonchev–Trinajstić information content (AvgIpc) is 3.34. The number of aromatic amines is 1. The van der Waals surface area contributed by atoms with Gasteiger partial charge in [0.05, 0.1) is 0 Å². The maximum Gasteiger partial charge on any atom is 0.251 e. The summed E-state index contributed by atoms with van der Waals surface area (Å²) in [6.45, 7) is 2.34. The smallest absolute Gasteiger partial charge is 0.251 e. The number of amides is 1. The lowest BCUT2D eigenvalue weighted by molar-refractivity contribution is 0.0956. The number of nitrogens with zero attached hydrogens (tertiary/aromatic N) is 3. The van der Waals surface area contributed by atoms with Gasteiger partial charge in [0.1, 0.15) is 6.33 Å². The number of hydrogen-bond acceptors (Lipinski definition) is 5. The molecule has 0 fully saturated rings. The van der Waals surface area contributed by atoms with Crippen molar-refractivity contribution in [2.75, 3.05) is 17.2 Å². The monoisotopic (exact) mass is 365 g/mol. The van der Waals surface area contributed by atoms with Crippen LogP contribution in [0.5, 0.6) is 0 Å². The summed E-state index contributed by atoms with van der Waals surface area (Å²) in [7, 11) is 0. The molecule has 1 amide bonds. The summed E-state index contributed by atoms with van der Waals surface area (Å²) < 4.78 is 0. The Balaban J connectivity index is 1.34. The molecule has 0 atom stereocenters. The summed E-state index contributed by atoms with van der Waals surface area (Å²) in [6, 6.07) is 16.3. The molecule has 3 aromatic rings. The predicted octanol–water partition coefficient (Wildman–Crippen LogP) is 2.85. The number of aromatic nitrogens is 3. The van der Waals surface area contributed by atoms with Crippen molar-refractivity contribution in [1.29, 1.82) is 0 Å². The van der Waals surface area contributed by atoms with E-state index in [9.17, 15) is 4.79 Å². The second-order valence-electron chi connectivity index (χ2n) is 6.07. The van der Waals surface area contributed by atoms with Gasteiger partial charge < -0.3 is 10.2 Å². The zero-order valence-electron chi connectivity index (χ0n) is 14.2. The molecule has 2 heterocycles. The molecule has 0 radical (unpaired) electrons. The summed E-state index contributed by atoms with van der Waals surface area (Å²) >= 11 is 1.53. The van der Waals surface area contributed by atoms with E-state index in [0.29, 0.717) is 12.1 Å². The van der Waals surface area contributed by atoms with Crippen LogP contribution >= 0.6 is 11.8 Å². The number of benzene rings is 2. The number of carbonyl (C=O) groups excluding carboxylic acids is 1. The molecule has 0 aliphatic carbocycles. The third kappa shape index (κ3) is 3.72. The molecule has 0 bridgehead atoms. The Kier molecular flexibility index (Phi) is 4.88. The SMILES string of the molecule is O=C(NCCSc1ncn[nH]1)c1cccc(N2Cc3ccccc3C2)c1. The first-order valence-electron chi connectivity index (χ1n) is 8.48. The maximum atomic E-state index is 12.4. The molecule has 1 aliphatic heterocycles. The van der Waals surface area contributed by atoms with Gasteiger partial charge >= 0.3 is 0 Å². The molecular weight excluding hydrogens is 346 g/mol. The number of H-pyrrole nitrogens is 1. The molecule has 26 heavy (non-hydrogen) atoms. The van der Waals surface area contributed by atoms with Crippen molar-refractivity contribution in [3.8, 4) is 0 Å². The summed E-state index contributed by atoms with van der Waals surface area (Å²) in [5, 5.41) is 10.3. The first-order valence-corrected chi connectivity index (χ1v) is 9.46. The highest BCUT2D eigenvalue weighted by Crippen LogP contribution is 2.28. The Morgan fingerprint density at radius 1 is 1.15 bits per heavy atom. The fourth-order valence-corrected chi connectivity index (χ4v) is 3.67. The molecule has 1 aromatic heterocycles. The molecule has 0 saturated carbocycles. The molecule has 1 aliphatic rings. The number of rotatable bonds is 6. The maximum absolute atomic E-state index is 12.4. The Bertz CT molecular complexity index is 871. The summed E-state index contributed by atoms with van der Waals surface area (Å²) in [6.07, 6.45) is 1.48. The average molecular weight is 365 g/mol. The van der Waals surface area contributed by atoms with Crippen LogP contribution in [0.1, 0.15) is 21.5 Å². The van der Waals surface area contributed by atoms with Crippen LogP contribution in [0.3, 0.4) is 0 Å². The van der Waals surface area contributed by atoms with E-state index >= 15 is 0 Å². The minimum Gasteiger partial charge on any atom is -0.363 e. The van der Waals surface area contributed by atoms with E-state index in [1.165, 1.54) is 29.2 Å².